The van der Waals surface area contributed by atoms with E-state index in [1.807, 2.05) is 24.3 Å². The van der Waals surface area contributed by atoms with Crippen molar-refractivity contribution in [2.75, 3.05) is 13.7 Å². The van der Waals surface area contributed by atoms with E-state index in [-0.39, 0.29) is 24.6 Å². The molecule has 3 aromatic rings. The highest BCUT2D eigenvalue weighted by molar-refractivity contribution is 5.81. The Bertz CT molecular complexity index is 1100. The molecule has 0 radical (unpaired) electrons. The number of benzene rings is 2. The fourth-order valence-electron chi connectivity index (χ4n) is 3.14. The first-order valence-electron chi connectivity index (χ1n) is 9.17. The van der Waals surface area contributed by atoms with Gasteiger partial charge in [-0.1, -0.05) is 24.3 Å². The van der Waals surface area contributed by atoms with Gasteiger partial charge in [0.15, 0.2) is 0 Å². The standard InChI is InChI=1S/C21H23N3O4/c1-3-23-20(26)17-6-4-5-7-18(17)24(21(23)27)14-19(25)22-13-12-15-8-10-16(28-2)11-9-15/h4-11H,3,12-14H2,1-2H3,(H,22,25). The van der Waals surface area contributed by atoms with Gasteiger partial charge in [-0.2, -0.15) is 0 Å². The van der Waals surface area contributed by atoms with Gasteiger partial charge in [0, 0.05) is 13.1 Å². The average Bonchev–Trinajstić information content (AvgIpc) is 2.72. The van der Waals surface area contributed by atoms with Crippen LogP contribution in [0.4, 0.5) is 0 Å². The second-order valence-electron chi connectivity index (χ2n) is 6.38. The molecule has 0 spiro atoms. The Kier molecular flexibility index (Phi) is 5.93. The quantitative estimate of drug-likeness (QED) is 0.673. The van der Waals surface area contributed by atoms with Crippen molar-refractivity contribution in [1.29, 1.82) is 0 Å². The summed E-state index contributed by atoms with van der Waals surface area (Å²) in [6, 6.07) is 14.5. The van der Waals surface area contributed by atoms with Crippen LogP contribution >= 0.6 is 0 Å². The summed E-state index contributed by atoms with van der Waals surface area (Å²) in [5.74, 6) is 0.507. The number of nitrogens with zero attached hydrogens (tertiary/aromatic N) is 2. The monoisotopic (exact) mass is 381 g/mol. The number of rotatable bonds is 7. The molecule has 146 valence electrons. The Morgan fingerprint density at radius 2 is 1.75 bits per heavy atom. The van der Waals surface area contributed by atoms with Crippen LogP contribution in [0.25, 0.3) is 10.9 Å². The predicted molar refractivity (Wildman–Crippen MR) is 108 cm³/mol. The van der Waals surface area contributed by atoms with E-state index in [2.05, 4.69) is 5.32 Å². The molecule has 1 aromatic heterocycles. The normalized spacial score (nSPS) is 10.8. The number of ether oxygens (including phenoxy) is 1. The molecule has 0 unspecified atom stereocenters. The van der Waals surface area contributed by atoms with Crippen LogP contribution in [0, 0.1) is 0 Å². The van der Waals surface area contributed by atoms with E-state index in [1.54, 1.807) is 38.3 Å². The van der Waals surface area contributed by atoms with Crippen LogP contribution in [0.3, 0.4) is 0 Å². The van der Waals surface area contributed by atoms with Gasteiger partial charge in [-0.15, -0.1) is 0 Å². The lowest BCUT2D eigenvalue weighted by Crippen LogP contribution is -2.42. The minimum Gasteiger partial charge on any atom is -0.497 e. The molecule has 7 nitrogen and oxygen atoms in total. The van der Waals surface area contributed by atoms with E-state index in [9.17, 15) is 14.4 Å². The summed E-state index contributed by atoms with van der Waals surface area (Å²) in [5.41, 5.74) is 0.728. The van der Waals surface area contributed by atoms with Crippen molar-refractivity contribution in [1.82, 2.24) is 14.5 Å². The summed E-state index contributed by atoms with van der Waals surface area (Å²) in [5, 5.41) is 3.26. The van der Waals surface area contributed by atoms with Crippen molar-refractivity contribution in [3.05, 3.63) is 74.9 Å². The van der Waals surface area contributed by atoms with Gasteiger partial charge in [-0.3, -0.25) is 18.7 Å². The van der Waals surface area contributed by atoms with Crippen LogP contribution in [0.5, 0.6) is 5.75 Å². The number of para-hydroxylation sites is 1. The van der Waals surface area contributed by atoms with Crippen molar-refractivity contribution < 1.29 is 9.53 Å². The first-order valence-corrected chi connectivity index (χ1v) is 9.17. The van der Waals surface area contributed by atoms with Gasteiger partial charge >= 0.3 is 5.69 Å². The fourth-order valence-corrected chi connectivity index (χ4v) is 3.14. The van der Waals surface area contributed by atoms with Crippen LogP contribution < -0.4 is 21.3 Å². The number of fused-ring (bicyclic) bond motifs is 1. The lowest BCUT2D eigenvalue weighted by molar-refractivity contribution is -0.121. The topological polar surface area (TPSA) is 82.3 Å². The molecule has 0 bridgehead atoms. The van der Waals surface area contributed by atoms with E-state index in [1.165, 1.54) is 4.57 Å². The molecule has 0 aliphatic carbocycles. The Balaban J connectivity index is 1.74. The number of hydrogen-bond acceptors (Lipinski definition) is 4. The lowest BCUT2D eigenvalue weighted by Gasteiger charge is -2.13. The molecule has 1 amide bonds. The van der Waals surface area contributed by atoms with Gasteiger partial charge in [0.05, 0.1) is 18.0 Å². The van der Waals surface area contributed by atoms with Gasteiger partial charge in [-0.25, -0.2) is 4.79 Å². The number of methoxy groups -OCH3 is 1. The number of nitrogens with one attached hydrogen (secondary N) is 1. The highest BCUT2D eigenvalue weighted by Crippen LogP contribution is 2.11. The molecule has 3 rings (SSSR count). The van der Waals surface area contributed by atoms with Crippen molar-refractivity contribution in [3.63, 3.8) is 0 Å². The Morgan fingerprint density at radius 1 is 1.04 bits per heavy atom. The summed E-state index contributed by atoms with van der Waals surface area (Å²) in [6.07, 6.45) is 0.667. The molecule has 28 heavy (non-hydrogen) atoms. The summed E-state index contributed by atoms with van der Waals surface area (Å²) < 4.78 is 7.62. The molecule has 1 heterocycles. The van der Waals surface area contributed by atoms with Crippen LogP contribution in [0.15, 0.2) is 58.1 Å². The van der Waals surface area contributed by atoms with Crippen molar-refractivity contribution in [3.8, 4) is 5.75 Å². The number of carbonyl (C=O) groups is 1. The first kappa shape index (κ1) is 19.4. The molecule has 2 aromatic carbocycles. The van der Waals surface area contributed by atoms with Crippen LogP contribution in [-0.4, -0.2) is 28.7 Å². The zero-order chi connectivity index (χ0) is 20.1. The number of aromatic nitrogens is 2. The van der Waals surface area contributed by atoms with Crippen molar-refractivity contribution >= 4 is 16.8 Å². The Hall–Kier alpha value is -3.35. The molecule has 0 saturated heterocycles. The van der Waals surface area contributed by atoms with Gasteiger partial charge in [0.1, 0.15) is 12.3 Å². The molecule has 0 aliphatic heterocycles. The third kappa shape index (κ3) is 3.98. The van der Waals surface area contributed by atoms with Gasteiger partial charge in [-0.05, 0) is 43.2 Å². The molecule has 0 fully saturated rings. The maximum Gasteiger partial charge on any atom is 0.331 e. The zero-order valence-corrected chi connectivity index (χ0v) is 16.0. The van der Waals surface area contributed by atoms with Crippen molar-refractivity contribution in [2.45, 2.75) is 26.4 Å². The minimum atomic E-state index is -0.475. The van der Waals surface area contributed by atoms with Crippen LogP contribution in [0.1, 0.15) is 12.5 Å². The lowest BCUT2D eigenvalue weighted by atomic mass is 10.1. The largest absolute Gasteiger partial charge is 0.497 e. The molecular weight excluding hydrogens is 358 g/mol. The number of carbonyl (C=O) groups excluding carboxylic acids is 1. The molecule has 7 heteroatoms. The number of hydrogen-bond donors (Lipinski definition) is 1. The van der Waals surface area contributed by atoms with E-state index >= 15 is 0 Å². The highest BCUT2D eigenvalue weighted by atomic mass is 16.5. The summed E-state index contributed by atoms with van der Waals surface area (Å²) in [4.78, 5) is 37.5. The van der Waals surface area contributed by atoms with E-state index in [4.69, 9.17) is 4.74 Å². The SMILES string of the molecule is CCn1c(=O)c2ccccc2n(CC(=O)NCCc2ccc(OC)cc2)c1=O. The summed E-state index contributed by atoms with van der Waals surface area (Å²) in [6.45, 7) is 2.30. The van der Waals surface area contributed by atoms with Crippen molar-refractivity contribution in [2.24, 2.45) is 0 Å². The number of amides is 1. The van der Waals surface area contributed by atoms with Gasteiger partial charge in [0.25, 0.3) is 5.56 Å². The maximum atomic E-state index is 12.7. The maximum absolute atomic E-state index is 12.7. The summed E-state index contributed by atoms with van der Waals surface area (Å²) in [7, 11) is 1.61. The molecular formula is C21H23N3O4. The fraction of sp³-hybridized carbons (Fsp3) is 0.286. The molecule has 1 N–H and O–H groups in total. The zero-order valence-electron chi connectivity index (χ0n) is 16.0. The van der Waals surface area contributed by atoms with E-state index in [0.717, 1.165) is 15.9 Å². The Labute approximate surface area is 162 Å². The third-order valence-electron chi connectivity index (χ3n) is 4.65. The van der Waals surface area contributed by atoms with E-state index < -0.39 is 5.69 Å². The molecule has 0 saturated carbocycles. The van der Waals surface area contributed by atoms with Crippen LogP contribution in [-0.2, 0) is 24.3 Å². The smallest absolute Gasteiger partial charge is 0.331 e. The van der Waals surface area contributed by atoms with Gasteiger partial charge in [0.2, 0.25) is 5.91 Å². The van der Waals surface area contributed by atoms with E-state index in [0.29, 0.717) is 23.9 Å². The predicted octanol–water partition coefficient (Wildman–Crippen LogP) is 1.55. The van der Waals surface area contributed by atoms with Gasteiger partial charge < -0.3 is 10.1 Å². The average molecular weight is 381 g/mol. The second kappa shape index (κ2) is 8.56. The first-order chi connectivity index (χ1) is 13.5. The second-order valence-corrected chi connectivity index (χ2v) is 6.38. The summed E-state index contributed by atoms with van der Waals surface area (Å²) >= 11 is 0. The highest BCUT2D eigenvalue weighted by Gasteiger charge is 2.14. The van der Waals surface area contributed by atoms with Crippen LogP contribution in [0.2, 0.25) is 0 Å². The third-order valence-corrected chi connectivity index (χ3v) is 4.65. The molecule has 0 aliphatic rings. The Morgan fingerprint density at radius 3 is 2.43 bits per heavy atom. The molecule has 0 atom stereocenters. The minimum absolute atomic E-state index is 0.137.